The molecule has 0 aromatic heterocycles. The first-order valence-corrected chi connectivity index (χ1v) is 6.55. The van der Waals surface area contributed by atoms with Crippen molar-refractivity contribution in [3.05, 3.63) is 35.4 Å². The zero-order chi connectivity index (χ0) is 13.7. The van der Waals surface area contributed by atoms with Gasteiger partial charge in [-0.15, -0.1) is 0 Å². The normalized spacial score (nSPS) is 18.2. The zero-order valence-electron chi connectivity index (χ0n) is 10.8. The van der Waals surface area contributed by atoms with Crippen LogP contribution < -0.4 is 16.4 Å². The average Bonchev–Trinajstić information content (AvgIpc) is 2.83. The highest BCUT2D eigenvalue weighted by molar-refractivity contribution is 5.94. The quantitative estimate of drug-likeness (QED) is 0.707. The maximum absolute atomic E-state index is 11.9. The van der Waals surface area contributed by atoms with Crippen LogP contribution in [-0.2, 0) is 11.2 Å². The molecule has 4 N–H and O–H groups in total. The van der Waals surface area contributed by atoms with Gasteiger partial charge in [-0.25, -0.2) is 0 Å². The Morgan fingerprint density at radius 3 is 2.68 bits per heavy atom. The molecule has 0 saturated carbocycles. The molecule has 5 nitrogen and oxygen atoms in total. The highest BCUT2D eigenvalue weighted by Gasteiger charge is 2.20. The molecule has 1 atom stereocenters. The second-order valence-corrected chi connectivity index (χ2v) is 4.75. The van der Waals surface area contributed by atoms with Crippen molar-refractivity contribution in [2.75, 3.05) is 13.1 Å². The van der Waals surface area contributed by atoms with E-state index in [1.54, 1.807) is 12.1 Å². The molecular weight excluding hydrogens is 242 g/mol. The van der Waals surface area contributed by atoms with Crippen molar-refractivity contribution in [1.82, 2.24) is 10.6 Å². The molecule has 1 aromatic rings. The molecule has 0 radical (unpaired) electrons. The highest BCUT2D eigenvalue weighted by Crippen LogP contribution is 2.07. The van der Waals surface area contributed by atoms with E-state index in [-0.39, 0.29) is 17.9 Å². The molecular formula is C14H19N3O2. The summed E-state index contributed by atoms with van der Waals surface area (Å²) in [6.45, 7) is 1.09. The molecule has 1 saturated heterocycles. The third kappa shape index (κ3) is 3.79. The van der Waals surface area contributed by atoms with E-state index in [1.165, 1.54) is 0 Å². The number of rotatable bonds is 5. The molecule has 2 amide bonds. The molecule has 0 bridgehead atoms. The molecule has 2 rings (SSSR count). The van der Waals surface area contributed by atoms with Gasteiger partial charge in [0.05, 0.1) is 0 Å². The van der Waals surface area contributed by atoms with E-state index in [2.05, 4.69) is 10.6 Å². The Labute approximate surface area is 112 Å². The molecule has 5 heteroatoms. The number of nitrogens with one attached hydrogen (secondary N) is 2. The Morgan fingerprint density at radius 1 is 1.37 bits per heavy atom. The third-order valence-corrected chi connectivity index (χ3v) is 3.24. The fraction of sp³-hybridized carbons (Fsp3) is 0.429. The first-order chi connectivity index (χ1) is 9.19. The van der Waals surface area contributed by atoms with Crippen molar-refractivity contribution >= 4 is 11.8 Å². The van der Waals surface area contributed by atoms with Gasteiger partial charge < -0.3 is 16.4 Å². The largest absolute Gasteiger partial charge is 0.352 e. The van der Waals surface area contributed by atoms with Crippen molar-refractivity contribution < 1.29 is 9.59 Å². The van der Waals surface area contributed by atoms with Gasteiger partial charge in [0.25, 0.3) is 5.91 Å². The number of hydrogen-bond donors (Lipinski definition) is 3. The van der Waals surface area contributed by atoms with Crippen molar-refractivity contribution in [2.45, 2.75) is 25.3 Å². The predicted octanol–water partition coefficient (Wildman–Crippen LogP) is 0.196. The Morgan fingerprint density at radius 2 is 2.11 bits per heavy atom. The fourth-order valence-corrected chi connectivity index (χ4v) is 2.14. The summed E-state index contributed by atoms with van der Waals surface area (Å²) in [5.74, 6) is -0.0502. The topological polar surface area (TPSA) is 84.2 Å². The number of carbonyl (C=O) groups excluding carboxylic acids is 2. The summed E-state index contributed by atoms with van der Waals surface area (Å²) in [6.07, 6.45) is 2.15. The van der Waals surface area contributed by atoms with Crippen molar-refractivity contribution in [3.63, 3.8) is 0 Å². The second kappa shape index (κ2) is 6.33. The van der Waals surface area contributed by atoms with Crippen LogP contribution >= 0.6 is 0 Å². The molecule has 0 aliphatic carbocycles. The maximum atomic E-state index is 11.9. The molecule has 102 valence electrons. The minimum absolute atomic E-state index is 0.0605. The predicted molar refractivity (Wildman–Crippen MR) is 72.7 cm³/mol. The molecule has 1 aromatic carbocycles. The van der Waals surface area contributed by atoms with Crippen molar-refractivity contribution in [3.8, 4) is 0 Å². The summed E-state index contributed by atoms with van der Waals surface area (Å²) >= 11 is 0. The van der Waals surface area contributed by atoms with Crippen LogP contribution in [0.5, 0.6) is 0 Å². The third-order valence-electron chi connectivity index (χ3n) is 3.24. The van der Waals surface area contributed by atoms with Gasteiger partial charge in [0, 0.05) is 24.6 Å². The van der Waals surface area contributed by atoms with Crippen LogP contribution in [0.15, 0.2) is 24.3 Å². The Balaban J connectivity index is 1.83. The van der Waals surface area contributed by atoms with Crippen LogP contribution in [-0.4, -0.2) is 30.9 Å². The van der Waals surface area contributed by atoms with E-state index in [4.69, 9.17) is 5.73 Å². The van der Waals surface area contributed by atoms with E-state index < -0.39 is 0 Å². The van der Waals surface area contributed by atoms with Crippen LogP contribution in [0.4, 0.5) is 0 Å². The van der Waals surface area contributed by atoms with Crippen LogP contribution in [0, 0.1) is 0 Å². The lowest BCUT2D eigenvalue weighted by molar-refractivity contribution is -0.119. The summed E-state index contributed by atoms with van der Waals surface area (Å²) < 4.78 is 0. The molecule has 19 heavy (non-hydrogen) atoms. The molecule has 1 aliphatic rings. The second-order valence-electron chi connectivity index (χ2n) is 4.75. The summed E-state index contributed by atoms with van der Waals surface area (Å²) in [5, 5.41) is 5.65. The Bertz CT molecular complexity index is 456. The average molecular weight is 261 g/mol. The number of benzene rings is 1. The van der Waals surface area contributed by atoms with Crippen molar-refractivity contribution in [1.29, 1.82) is 0 Å². The molecule has 0 spiro atoms. The summed E-state index contributed by atoms with van der Waals surface area (Å²) in [5.41, 5.74) is 7.23. The fourth-order valence-electron chi connectivity index (χ4n) is 2.14. The molecule has 1 unspecified atom stereocenters. The highest BCUT2D eigenvalue weighted by atomic mass is 16.2. The van der Waals surface area contributed by atoms with Crippen LogP contribution in [0.25, 0.3) is 0 Å². The SMILES string of the molecule is NCCc1ccc(C(=O)NCC2CCC(=O)N2)cc1. The van der Waals surface area contributed by atoms with Gasteiger partial charge in [-0.2, -0.15) is 0 Å². The summed E-state index contributed by atoms with van der Waals surface area (Å²) in [7, 11) is 0. The van der Waals surface area contributed by atoms with Gasteiger partial charge in [0.2, 0.25) is 5.91 Å². The number of hydrogen-bond acceptors (Lipinski definition) is 3. The Hall–Kier alpha value is -1.88. The standard InChI is InChI=1S/C14H19N3O2/c15-8-7-10-1-3-11(4-2-10)14(19)16-9-12-5-6-13(18)17-12/h1-4,12H,5-9,15H2,(H,16,19)(H,17,18). The smallest absolute Gasteiger partial charge is 0.251 e. The van der Waals surface area contributed by atoms with E-state index in [0.717, 1.165) is 18.4 Å². The molecule has 1 fully saturated rings. The maximum Gasteiger partial charge on any atom is 0.251 e. The monoisotopic (exact) mass is 261 g/mol. The summed E-state index contributed by atoms with van der Waals surface area (Å²) in [6, 6.07) is 7.49. The van der Waals surface area contributed by atoms with E-state index in [0.29, 0.717) is 25.1 Å². The van der Waals surface area contributed by atoms with Gasteiger partial charge >= 0.3 is 0 Å². The number of amides is 2. The van der Waals surface area contributed by atoms with E-state index in [9.17, 15) is 9.59 Å². The van der Waals surface area contributed by atoms with E-state index in [1.807, 2.05) is 12.1 Å². The van der Waals surface area contributed by atoms with Gasteiger partial charge in [0.15, 0.2) is 0 Å². The van der Waals surface area contributed by atoms with Gasteiger partial charge in [0.1, 0.15) is 0 Å². The first kappa shape index (κ1) is 13.5. The van der Waals surface area contributed by atoms with Gasteiger partial charge in [-0.1, -0.05) is 12.1 Å². The lowest BCUT2D eigenvalue weighted by atomic mass is 10.1. The van der Waals surface area contributed by atoms with Crippen molar-refractivity contribution in [2.24, 2.45) is 5.73 Å². The minimum atomic E-state index is -0.111. The number of carbonyl (C=O) groups is 2. The molecule has 1 heterocycles. The van der Waals surface area contributed by atoms with Crippen LogP contribution in [0.2, 0.25) is 0 Å². The van der Waals surface area contributed by atoms with Crippen LogP contribution in [0.1, 0.15) is 28.8 Å². The van der Waals surface area contributed by atoms with E-state index >= 15 is 0 Å². The van der Waals surface area contributed by atoms with Crippen LogP contribution in [0.3, 0.4) is 0 Å². The number of nitrogens with two attached hydrogens (primary N) is 1. The molecule has 1 aliphatic heterocycles. The lowest BCUT2D eigenvalue weighted by Crippen LogP contribution is -2.38. The zero-order valence-corrected chi connectivity index (χ0v) is 10.8. The van der Waals surface area contributed by atoms with Gasteiger partial charge in [-0.05, 0) is 37.1 Å². The summed E-state index contributed by atoms with van der Waals surface area (Å²) in [4.78, 5) is 22.9. The first-order valence-electron chi connectivity index (χ1n) is 6.55. The lowest BCUT2D eigenvalue weighted by Gasteiger charge is -2.11. The minimum Gasteiger partial charge on any atom is -0.352 e. The Kier molecular flexibility index (Phi) is 4.52. The van der Waals surface area contributed by atoms with Gasteiger partial charge in [-0.3, -0.25) is 9.59 Å².